The Hall–Kier alpha value is -3.21. The average Bonchev–Trinajstić information content (AvgIpc) is 3.16. The van der Waals surface area contributed by atoms with Gasteiger partial charge in [-0.2, -0.15) is 5.10 Å². The number of aromatic nitrogens is 2. The molecule has 27 heavy (non-hydrogen) atoms. The Morgan fingerprint density at radius 2 is 1.81 bits per heavy atom. The SMILES string of the molecule is C[C@H](C(=O)Nc1ccc2c(c1)CCC2)n1nc(-c2ccccc2)ccc1=O. The van der Waals surface area contributed by atoms with Crippen LogP contribution >= 0.6 is 0 Å². The minimum absolute atomic E-state index is 0.257. The molecule has 1 aliphatic rings. The molecule has 1 aromatic heterocycles. The smallest absolute Gasteiger partial charge is 0.267 e. The molecule has 0 bridgehead atoms. The highest BCUT2D eigenvalue weighted by Gasteiger charge is 2.19. The largest absolute Gasteiger partial charge is 0.324 e. The van der Waals surface area contributed by atoms with Crippen LogP contribution < -0.4 is 10.9 Å². The molecule has 5 nitrogen and oxygen atoms in total. The first kappa shape index (κ1) is 17.2. The molecule has 0 radical (unpaired) electrons. The van der Waals surface area contributed by atoms with E-state index in [1.165, 1.54) is 21.9 Å². The molecule has 1 heterocycles. The molecule has 0 spiro atoms. The monoisotopic (exact) mass is 359 g/mol. The third-order valence-electron chi connectivity index (χ3n) is 5.01. The lowest BCUT2D eigenvalue weighted by Gasteiger charge is -2.15. The second-order valence-electron chi connectivity index (χ2n) is 6.87. The lowest BCUT2D eigenvalue weighted by molar-refractivity contribution is -0.119. The summed E-state index contributed by atoms with van der Waals surface area (Å²) in [5, 5.41) is 7.32. The Morgan fingerprint density at radius 1 is 1.04 bits per heavy atom. The first-order valence-electron chi connectivity index (χ1n) is 9.20. The van der Waals surface area contributed by atoms with Crippen molar-refractivity contribution < 1.29 is 4.79 Å². The predicted octanol–water partition coefficient (Wildman–Crippen LogP) is 3.60. The fourth-order valence-electron chi connectivity index (χ4n) is 3.47. The number of carbonyl (C=O) groups excluding carboxylic acids is 1. The molecule has 0 saturated carbocycles. The second-order valence-corrected chi connectivity index (χ2v) is 6.87. The van der Waals surface area contributed by atoms with Crippen molar-refractivity contribution >= 4 is 11.6 Å². The van der Waals surface area contributed by atoms with Crippen molar-refractivity contribution in [2.45, 2.75) is 32.2 Å². The minimum atomic E-state index is -0.714. The highest BCUT2D eigenvalue weighted by Crippen LogP contribution is 2.25. The van der Waals surface area contributed by atoms with Gasteiger partial charge in [0.05, 0.1) is 5.69 Å². The second kappa shape index (κ2) is 7.19. The molecule has 3 aromatic rings. The Kier molecular flexibility index (Phi) is 4.59. The van der Waals surface area contributed by atoms with E-state index in [0.717, 1.165) is 30.5 Å². The lowest BCUT2D eigenvalue weighted by Crippen LogP contribution is -2.33. The molecule has 1 aliphatic carbocycles. The normalized spacial score (nSPS) is 13.8. The summed E-state index contributed by atoms with van der Waals surface area (Å²) >= 11 is 0. The van der Waals surface area contributed by atoms with Gasteiger partial charge in [0.25, 0.3) is 5.56 Å². The van der Waals surface area contributed by atoms with Crippen LogP contribution in [-0.2, 0) is 17.6 Å². The summed E-state index contributed by atoms with van der Waals surface area (Å²) in [6.45, 7) is 1.69. The van der Waals surface area contributed by atoms with E-state index >= 15 is 0 Å². The third-order valence-corrected chi connectivity index (χ3v) is 5.01. The van der Waals surface area contributed by atoms with Crippen LogP contribution in [-0.4, -0.2) is 15.7 Å². The van der Waals surface area contributed by atoms with Gasteiger partial charge in [0.1, 0.15) is 6.04 Å². The van der Waals surface area contributed by atoms with E-state index in [0.29, 0.717) is 5.69 Å². The van der Waals surface area contributed by atoms with Crippen molar-refractivity contribution in [3.8, 4) is 11.3 Å². The zero-order chi connectivity index (χ0) is 18.8. The molecule has 0 fully saturated rings. The zero-order valence-corrected chi connectivity index (χ0v) is 15.2. The molecule has 136 valence electrons. The van der Waals surface area contributed by atoms with Gasteiger partial charge in [0.2, 0.25) is 5.91 Å². The highest BCUT2D eigenvalue weighted by atomic mass is 16.2. The van der Waals surface area contributed by atoms with Crippen LogP contribution in [0.5, 0.6) is 0 Å². The number of rotatable bonds is 4. The van der Waals surface area contributed by atoms with Gasteiger partial charge in [-0.3, -0.25) is 9.59 Å². The summed E-state index contributed by atoms with van der Waals surface area (Å²) < 4.78 is 1.24. The van der Waals surface area contributed by atoms with Gasteiger partial charge in [-0.25, -0.2) is 4.68 Å². The standard InChI is InChI=1S/C22H21N3O2/c1-15(22(27)23-19-11-10-16-8-5-9-18(16)14-19)25-21(26)13-12-20(24-25)17-6-3-2-4-7-17/h2-4,6-7,10-15H,5,8-9H2,1H3,(H,23,27)/t15-/m1/s1. The highest BCUT2D eigenvalue weighted by molar-refractivity contribution is 5.93. The number of aryl methyl sites for hydroxylation is 2. The summed E-state index contributed by atoms with van der Waals surface area (Å²) in [5.41, 5.74) is 4.67. The third kappa shape index (κ3) is 3.53. The van der Waals surface area contributed by atoms with Crippen LogP contribution in [0.25, 0.3) is 11.3 Å². The van der Waals surface area contributed by atoms with Gasteiger partial charge >= 0.3 is 0 Å². The van der Waals surface area contributed by atoms with Crippen molar-refractivity contribution in [2.24, 2.45) is 0 Å². The van der Waals surface area contributed by atoms with E-state index in [1.807, 2.05) is 42.5 Å². The fourth-order valence-corrected chi connectivity index (χ4v) is 3.47. The Labute approximate surface area is 157 Å². The van der Waals surface area contributed by atoms with E-state index in [2.05, 4.69) is 16.5 Å². The van der Waals surface area contributed by atoms with Crippen molar-refractivity contribution in [1.82, 2.24) is 9.78 Å². The van der Waals surface area contributed by atoms with Gasteiger partial charge in [-0.15, -0.1) is 0 Å². The Morgan fingerprint density at radius 3 is 2.63 bits per heavy atom. The number of carbonyl (C=O) groups is 1. The van der Waals surface area contributed by atoms with Crippen molar-refractivity contribution in [3.63, 3.8) is 0 Å². The van der Waals surface area contributed by atoms with Gasteiger partial charge in [0.15, 0.2) is 0 Å². The molecular formula is C22H21N3O2. The van der Waals surface area contributed by atoms with E-state index in [-0.39, 0.29) is 11.5 Å². The summed E-state index contributed by atoms with van der Waals surface area (Å²) in [5.74, 6) is -0.257. The van der Waals surface area contributed by atoms with Crippen molar-refractivity contribution in [3.05, 3.63) is 82.1 Å². The van der Waals surface area contributed by atoms with E-state index in [1.54, 1.807) is 13.0 Å². The zero-order valence-electron chi connectivity index (χ0n) is 15.2. The number of anilines is 1. The lowest BCUT2D eigenvalue weighted by atomic mass is 10.1. The number of hydrogen-bond donors (Lipinski definition) is 1. The number of benzene rings is 2. The molecule has 0 aliphatic heterocycles. The number of hydrogen-bond acceptors (Lipinski definition) is 3. The van der Waals surface area contributed by atoms with Crippen molar-refractivity contribution in [1.29, 1.82) is 0 Å². The molecule has 0 saturated heterocycles. The van der Waals surface area contributed by atoms with Crippen LogP contribution in [0.3, 0.4) is 0 Å². The van der Waals surface area contributed by atoms with Gasteiger partial charge in [0, 0.05) is 17.3 Å². The quantitative estimate of drug-likeness (QED) is 0.774. The van der Waals surface area contributed by atoms with Crippen LogP contribution in [0.2, 0.25) is 0 Å². The average molecular weight is 359 g/mol. The molecule has 0 unspecified atom stereocenters. The van der Waals surface area contributed by atoms with Crippen LogP contribution in [0.1, 0.15) is 30.5 Å². The minimum Gasteiger partial charge on any atom is -0.324 e. The maximum Gasteiger partial charge on any atom is 0.267 e. The summed E-state index contributed by atoms with van der Waals surface area (Å²) in [7, 11) is 0. The maximum atomic E-state index is 12.7. The molecule has 5 heteroatoms. The molecule has 2 aromatic carbocycles. The fraction of sp³-hybridized carbons (Fsp3) is 0.227. The molecule has 1 atom stereocenters. The molecule has 1 amide bonds. The summed E-state index contributed by atoms with van der Waals surface area (Å²) in [6, 6.07) is 18.0. The van der Waals surface area contributed by atoms with Crippen LogP contribution in [0, 0.1) is 0 Å². The Bertz CT molecular complexity index is 1040. The number of fused-ring (bicyclic) bond motifs is 1. The first-order chi connectivity index (χ1) is 13.1. The van der Waals surface area contributed by atoms with E-state index < -0.39 is 6.04 Å². The molecular weight excluding hydrogens is 338 g/mol. The summed E-state index contributed by atoms with van der Waals surface area (Å²) in [4.78, 5) is 25.0. The van der Waals surface area contributed by atoms with Gasteiger partial charge in [-0.1, -0.05) is 36.4 Å². The molecule has 1 N–H and O–H groups in total. The maximum absolute atomic E-state index is 12.7. The first-order valence-corrected chi connectivity index (χ1v) is 9.20. The number of nitrogens with one attached hydrogen (secondary N) is 1. The van der Waals surface area contributed by atoms with Gasteiger partial charge in [-0.05, 0) is 55.5 Å². The Balaban J connectivity index is 1.57. The van der Waals surface area contributed by atoms with E-state index in [4.69, 9.17) is 0 Å². The number of nitrogens with zero attached hydrogens (tertiary/aromatic N) is 2. The topological polar surface area (TPSA) is 64.0 Å². The number of amides is 1. The molecule has 4 rings (SSSR count). The van der Waals surface area contributed by atoms with Crippen LogP contribution in [0.4, 0.5) is 5.69 Å². The van der Waals surface area contributed by atoms with Crippen LogP contribution in [0.15, 0.2) is 65.5 Å². The van der Waals surface area contributed by atoms with Crippen molar-refractivity contribution in [2.75, 3.05) is 5.32 Å². The van der Waals surface area contributed by atoms with Gasteiger partial charge < -0.3 is 5.32 Å². The van der Waals surface area contributed by atoms with E-state index in [9.17, 15) is 9.59 Å². The predicted molar refractivity (Wildman–Crippen MR) is 106 cm³/mol. The summed E-state index contributed by atoms with van der Waals surface area (Å²) in [6.07, 6.45) is 3.31.